The number of furan rings is 1. The molecule has 0 aliphatic rings. The van der Waals surface area contributed by atoms with Gasteiger partial charge in [0.2, 0.25) is 0 Å². The first-order chi connectivity index (χ1) is 14.4. The zero-order valence-electron chi connectivity index (χ0n) is 17.6. The average Bonchev–Trinajstić information content (AvgIpc) is 3.30. The van der Waals surface area contributed by atoms with Gasteiger partial charge in [0.25, 0.3) is 0 Å². The van der Waals surface area contributed by atoms with E-state index in [2.05, 4.69) is 5.10 Å². The van der Waals surface area contributed by atoms with Crippen LogP contribution in [0.1, 0.15) is 41.8 Å². The van der Waals surface area contributed by atoms with Crippen LogP contribution in [0, 0.1) is 13.8 Å². The molecule has 0 saturated heterocycles. The van der Waals surface area contributed by atoms with Gasteiger partial charge in [-0.05, 0) is 52.0 Å². The fourth-order valence-corrected chi connectivity index (χ4v) is 3.45. The van der Waals surface area contributed by atoms with E-state index in [1.807, 2.05) is 39.8 Å². The molecule has 0 saturated carbocycles. The number of pyridine rings is 1. The van der Waals surface area contributed by atoms with Crippen molar-refractivity contribution in [1.82, 2.24) is 14.8 Å². The molecule has 0 amide bonds. The Labute approximate surface area is 174 Å². The molecule has 0 aliphatic carbocycles. The maximum absolute atomic E-state index is 13.2. The summed E-state index contributed by atoms with van der Waals surface area (Å²) >= 11 is 0. The predicted molar refractivity (Wildman–Crippen MR) is 113 cm³/mol. The number of methoxy groups -OCH3 is 1. The normalized spacial score (nSPS) is 11.3. The summed E-state index contributed by atoms with van der Waals surface area (Å²) in [4.78, 5) is 18.0. The molecular formula is C23H23N3O4. The molecule has 1 aromatic carbocycles. The van der Waals surface area contributed by atoms with Crippen molar-refractivity contribution in [3.05, 3.63) is 59.7 Å². The number of nitrogens with zero attached hydrogens (tertiary/aromatic N) is 3. The monoisotopic (exact) mass is 405 g/mol. The lowest BCUT2D eigenvalue weighted by molar-refractivity contribution is 0.0731. The van der Waals surface area contributed by atoms with E-state index in [0.29, 0.717) is 33.8 Å². The fourth-order valence-electron chi connectivity index (χ4n) is 3.45. The number of benzene rings is 1. The Kier molecular flexibility index (Phi) is 5.03. The minimum atomic E-state index is -0.505. The van der Waals surface area contributed by atoms with Gasteiger partial charge in [-0.15, -0.1) is 0 Å². The van der Waals surface area contributed by atoms with E-state index in [4.69, 9.17) is 18.9 Å². The van der Waals surface area contributed by atoms with Gasteiger partial charge < -0.3 is 13.9 Å². The second-order valence-electron chi connectivity index (χ2n) is 7.34. The van der Waals surface area contributed by atoms with Crippen LogP contribution in [-0.4, -0.2) is 27.8 Å². The summed E-state index contributed by atoms with van der Waals surface area (Å²) in [5.41, 5.74) is 2.46. The molecule has 0 N–H and O–H groups in total. The number of aryl methyl sites for hydroxylation is 2. The van der Waals surface area contributed by atoms with E-state index in [-0.39, 0.29) is 6.04 Å². The van der Waals surface area contributed by atoms with Gasteiger partial charge >= 0.3 is 5.97 Å². The first-order valence-corrected chi connectivity index (χ1v) is 9.70. The Morgan fingerprint density at radius 2 is 1.87 bits per heavy atom. The highest BCUT2D eigenvalue weighted by Gasteiger charge is 2.22. The number of para-hydroxylation sites is 2. The molecule has 3 aromatic heterocycles. The summed E-state index contributed by atoms with van der Waals surface area (Å²) in [7, 11) is 1.53. The largest absolute Gasteiger partial charge is 0.493 e. The quantitative estimate of drug-likeness (QED) is 0.339. The van der Waals surface area contributed by atoms with Gasteiger partial charge in [0.15, 0.2) is 17.1 Å². The third-order valence-corrected chi connectivity index (χ3v) is 4.86. The Hall–Kier alpha value is -3.61. The highest BCUT2D eigenvalue weighted by Crippen LogP contribution is 2.32. The van der Waals surface area contributed by atoms with Crippen LogP contribution in [-0.2, 0) is 0 Å². The maximum atomic E-state index is 13.2. The number of hydrogen-bond donors (Lipinski definition) is 0. The number of carbonyl (C=O) groups is 1. The Bertz CT molecular complexity index is 1240. The lowest BCUT2D eigenvalue weighted by Gasteiger charge is -2.11. The summed E-state index contributed by atoms with van der Waals surface area (Å²) in [6.07, 6.45) is 1.65. The second kappa shape index (κ2) is 7.67. The summed E-state index contributed by atoms with van der Waals surface area (Å²) in [6, 6.07) is 10.7. The van der Waals surface area contributed by atoms with E-state index in [0.717, 1.165) is 17.1 Å². The molecule has 3 heterocycles. The lowest BCUT2D eigenvalue weighted by atomic mass is 10.1. The first kappa shape index (κ1) is 19.7. The van der Waals surface area contributed by atoms with Crippen molar-refractivity contribution >= 4 is 17.0 Å². The van der Waals surface area contributed by atoms with Crippen molar-refractivity contribution < 1.29 is 18.7 Å². The number of rotatable bonds is 5. The van der Waals surface area contributed by atoms with Gasteiger partial charge in [0, 0.05) is 11.6 Å². The van der Waals surface area contributed by atoms with Crippen LogP contribution in [0.4, 0.5) is 0 Å². The predicted octanol–water partition coefficient (Wildman–Crippen LogP) is 5.12. The van der Waals surface area contributed by atoms with Gasteiger partial charge in [-0.2, -0.15) is 5.10 Å². The molecule has 0 radical (unpaired) electrons. The highest BCUT2D eigenvalue weighted by atomic mass is 16.6. The summed E-state index contributed by atoms with van der Waals surface area (Å²) in [5.74, 6) is 1.84. The third-order valence-electron chi connectivity index (χ3n) is 4.86. The van der Waals surface area contributed by atoms with E-state index in [9.17, 15) is 4.79 Å². The molecule has 0 bridgehead atoms. The summed E-state index contributed by atoms with van der Waals surface area (Å²) in [5, 5.41) is 5.07. The molecule has 4 rings (SSSR count). The molecule has 7 nitrogen and oxygen atoms in total. The Morgan fingerprint density at radius 3 is 2.50 bits per heavy atom. The zero-order valence-corrected chi connectivity index (χ0v) is 17.6. The average molecular weight is 405 g/mol. The first-order valence-electron chi connectivity index (χ1n) is 9.70. The molecule has 0 aliphatic heterocycles. The van der Waals surface area contributed by atoms with Gasteiger partial charge in [-0.25, -0.2) is 14.5 Å². The summed E-state index contributed by atoms with van der Waals surface area (Å²) in [6.45, 7) is 7.78. The van der Waals surface area contributed by atoms with Gasteiger partial charge in [0.05, 0.1) is 30.0 Å². The smallest absolute Gasteiger partial charge is 0.344 e. The van der Waals surface area contributed by atoms with Gasteiger partial charge in [-0.1, -0.05) is 12.1 Å². The zero-order chi connectivity index (χ0) is 21.4. The van der Waals surface area contributed by atoms with Crippen molar-refractivity contribution in [2.45, 2.75) is 33.7 Å². The van der Waals surface area contributed by atoms with Gasteiger partial charge in [0.1, 0.15) is 11.5 Å². The maximum Gasteiger partial charge on any atom is 0.344 e. The van der Waals surface area contributed by atoms with Crippen molar-refractivity contribution in [2.24, 2.45) is 0 Å². The van der Waals surface area contributed by atoms with Crippen LogP contribution in [0.15, 0.2) is 47.0 Å². The van der Waals surface area contributed by atoms with Crippen molar-refractivity contribution in [3.8, 4) is 22.8 Å². The van der Waals surface area contributed by atoms with E-state index in [1.54, 1.807) is 35.1 Å². The summed E-state index contributed by atoms with van der Waals surface area (Å²) < 4.78 is 18.4. The van der Waals surface area contributed by atoms with Crippen LogP contribution in [0.25, 0.3) is 22.3 Å². The second-order valence-corrected chi connectivity index (χ2v) is 7.34. The standard InChI is InChI=1S/C23H23N3O4/c1-13(2)26-22-18(12-24-26)17(11-19(25-22)16-10-14(3)29-15(16)4)23(27)30-21-9-7-6-8-20(21)28-5/h6-13H,1-5H3. The van der Waals surface area contributed by atoms with Crippen molar-refractivity contribution in [2.75, 3.05) is 7.11 Å². The molecule has 0 unspecified atom stereocenters. The van der Waals surface area contributed by atoms with Gasteiger partial charge in [-0.3, -0.25) is 0 Å². The van der Waals surface area contributed by atoms with Crippen LogP contribution in [0.3, 0.4) is 0 Å². The number of aromatic nitrogens is 3. The SMILES string of the molecule is COc1ccccc1OC(=O)c1cc(-c2cc(C)oc2C)nc2c1cnn2C(C)C. The highest BCUT2D eigenvalue weighted by molar-refractivity contribution is 6.04. The molecule has 7 heteroatoms. The number of fused-ring (bicyclic) bond motifs is 1. The van der Waals surface area contributed by atoms with E-state index >= 15 is 0 Å². The molecule has 0 spiro atoms. The van der Waals surface area contributed by atoms with Crippen LogP contribution >= 0.6 is 0 Å². The third kappa shape index (κ3) is 3.43. The number of esters is 1. The van der Waals surface area contributed by atoms with E-state index in [1.165, 1.54) is 7.11 Å². The molecule has 0 atom stereocenters. The lowest BCUT2D eigenvalue weighted by Crippen LogP contribution is -2.11. The Balaban J connectivity index is 1.87. The number of carbonyl (C=O) groups excluding carboxylic acids is 1. The Morgan fingerprint density at radius 1 is 1.13 bits per heavy atom. The molecular weight excluding hydrogens is 382 g/mol. The topological polar surface area (TPSA) is 79.4 Å². The number of ether oxygens (including phenoxy) is 2. The van der Waals surface area contributed by atoms with Crippen LogP contribution in [0.5, 0.6) is 11.5 Å². The van der Waals surface area contributed by atoms with Crippen LogP contribution in [0.2, 0.25) is 0 Å². The molecule has 154 valence electrons. The van der Waals surface area contributed by atoms with Crippen molar-refractivity contribution in [3.63, 3.8) is 0 Å². The molecule has 0 fully saturated rings. The number of hydrogen-bond acceptors (Lipinski definition) is 6. The molecule has 4 aromatic rings. The van der Waals surface area contributed by atoms with Crippen LogP contribution < -0.4 is 9.47 Å². The minimum absolute atomic E-state index is 0.0792. The van der Waals surface area contributed by atoms with E-state index < -0.39 is 5.97 Å². The molecule has 30 heavy (non-hydrogen) atoms. The van der Waals surface area contributed by atoms with Crippen molar-refractivity contribution in [1.29, 1.82) is 0 Å². The minimum Gasteiger partial charge on any atom is -0.493 e. The fraction of sp³-hybridized carbons (Fsp3) is 0.261.